The molecule has 0 amide bonds. The normalized spacial score (nSPS) is 14.1. The third-order valence-corrected chi connectivity index (χ3v) is 13.4. The molecular weight excluding hydrogens is 725 g/mol. The van der Waals surface area contributed by atoms with E-state index in [4.69, 9.17) is 0 Å². The Morgan fingerprint density at radius 1 is 0.283 bits per heavy atom. The molecule has 1 spiro atoms. The van der Waals surface area contributed by atoms with Gasteiger partial charge < -0.3 is 9.80 Å². The van der Waals surface area contributed by atoms with E-state index in [0.29, 0.717) is 0 Å². The summed E-state index contributed by atoms with van der Waals surface area (Å²) in [7, 11) is 0. The van der Waals surface area contributed by atoms with Crippen molar-refractivity contribution in [3.05, 3.63) is 252 Å². The van der Waals surface area contributed by atoms with Crippen LogP contribution in [0.2, 0.25) is 0 Å². The molecule has 9 aromatic rings. The van der Waals surface area contributed by atoms with Crippen LogP contribution in [-0.4, -0.2) is 0 Å². The van der Waals surface area contributed by atoms with E-state index in [1.807, 2.05) is 0 Å². The zero-order chi connectivity index (χ0) is 40.0. The first kappa shape index (κ1) is 34.6. The van der Waals surface area contributed by atoms with Gasteiger partial charge in [-0.2, -0.15) is 0 Å². The van der Waals surface area contributed by atoms with Gasteiger partial charge >= 0.3 is 0 Å². The van der Waals surface area contributed by atoms with Gasteiger partial charge in [0.15, 0.2) is 0 Å². The number of hydrogen-bond donors (Lipinski definition) is 0. The minimum atomic E-state index is -0.594. The number of hydrogen-bond acceptors (Lipinski definition) is 2. The molecule has 0 aliphatic heterocycles. The minimum Gasteiger partial charge on any atom is -0.308 e. The lowest BCUT2D eigenvalue weighted by Crippen LogP contribution is -2.29. The average molecular weight is 767 g/mol. The van der Waals surface area contributed by atoms with Gasteiger partial charge in [0, 0.05) is 28.0 Å². The smallest absolute Gasteiger partial charge is 0.0756 e. The fourth-order valence-electron chi connectivity index (χ4n) is 11.1. The van der Waals surface area contributed by atoms with Crippen molar-refractivity contribution in [1.29, 1.82) is 0 Å². The van der Waals surface area contributed by atoms with Crippen molar-refractivity contribution in [3.8, 4) is 33.4 Å². The highest BCUT2D eigenvalue weighted by molar-refractivity contribution is 6.05. The Hall–Kier alpha value is -7.42. The lowest BCUT2D eigenvalue weighted by Gasteiger charge is -2.40. The number of fused-ring (bicyclic) bond motifs is 13. The number of benzene rings is 9. The highest BCUT2D eigenvalue weighted by Gasteiger charge is 2.54. The largest absolute Gasteiger partial charge is 0.308 e. The second-order valence-electron chi connectivity index (χ2n) is 16.8. The third kappa shape index (κ3) is 4.65. The Balaban J connectivity index is 1.28. The summed E-state index contributed by atoms with van der Waals surface area (Å²) < 4.78 is 0. The lowest BCUT2D eigenvalue weighted by molar-refractivity contribution is 0.661. The standard InChI is InChI=1S/C58H42N2/c1-57(2)48-32-16-12-29-44(48)46-31-20-36-52(54(46)57)60(41-25-10-5-11-26-41)53-38-37-47-45-30-15-19-35-51(45)58(49-33-17-13-27-42(49)43-28-14-18-34-50(43)58)55(47)56(53)59(39-21-6-3-7-22-39)40-23-8-4-9-24-40/h3-38H,1-2H3. The van der Waals surface area contributed by atoms with Gasteiger partial charge in [-0.05, 0) is 110 Å². The summed E-state index contributed by atoms with van der Waals surface area (Å²) in [6.45, 7) is 4.79. The number of para-hydroxylation sites is 3. The molecule has 0 radical (unpaired) electrons. The summed E-state index contributed by atoms with van der Waals surface area (Å²) in [5, 5.41) is 0. The first-order chi connectivity index (χ1) is 29.6. The Labute approximate surface area is 352 Å². The number of anilines is 6. The zero-order valence-electron chi connectivity index (χ0n) is 33.7. The van der Waals surface area contributed by atoms with Gasteiger partial charge in [0.25, 0.3) is 0 Å². The molecular formula is C58H42N2. The van der Waals surface area contributed by atoms with Crippen molar-refractivity contribution in [2.45, 2.75) is 24.7 Å². The third-order valence-electron chi connectivity index (χ3n) is 13.4. The Morgan fingerprint density at radius 2 is 0.667 bits per heavy atom. The van der Waals surface area contributed by atoms with Crippen molar-refractivity contribution in [3.63, 3.8) is 0 Å². The molecule has 9 aromatic carbocycles. The van der Waals surface area contributed by atoms with Gasteiger partial charge in [-0.25, -0.2) is 0 Å². The first-order valence-corrected chi connectivity index (χ1v) is 21.0. The Morgan fingerprint density at radius 3 is 1.18 bits per heavy atom. The van der Waals surface area contributed by atoms with Crippen molar-refractivity contribution in [1.82, 2.24) is 0 Å². The summed E-state index contributed by atoms with van der Waals surface area (Å²) in [5.41, 5.74) is 21.6. The van der Waals surface area contributed by atoms with E-state index >= 15 is 0 Å². The van der Waals surface area contributed by atoms with Crippen LogP contribution >= 0.6 is 0 Å². The molecule has 12 rings (SSSR count). The fraction of sp³-hybridized carbons (Fsp3) is 0.0690. The van der Waals surface area contributed by atoms with E-state index in [0.717, 1.165) is 28.4 Å². The van der Waals surface area contributed by atoms with Crippen LogP contribution in [0, 0.1) is 0 Å². The van der Waals surface area contributed by atoms with Crippen LogP contribution in [0.1, 0.15) is 47.2 Å². The van der Waals surface area contributed by atoms with Crippen LogP contribution in [0.15, 0.2) is 218 Å². The summed E-state index contributed by atoms with van der Waals surface area (Å²) >= 11 is 0. The van der Waals surface area contributed by atoms with E-state index in [1.165, 1.54) is 72.4 Å². The van der Waals surface area contributed by atoms with Crippen LogP contribution < -0.4 is 9.80 Å². The highest BCUT2D eigenvalue weighted by Crippen LogP contribution is 2.67. The van der Waals surface area contributed by atoms with Crippen LogP contribution in [0.4, 0.5) is 34.1 Å². The molecule has 2 heteroatoms. The van der Waals surface area contributed by atoms with Crippen LogP contribution in [-0.2, 0) is 10.8 Å². The molecule has 3 aliphatic carbocycles. The summed E-state index contributed by atoms with van der Waals surface area (Å²) in [6.07, 6.45) is 0. The van der Waals surface area contributed by atoms with Gasteiger partial charge in [0.05, 0.1) is 22.5 Å². The van der Waals surface area contributed by atoms with Gasteiger partial charge in [0.1, 0.15) is 0 Å². The molecule has 3 aliphatic rings. The summed E-state index contributed by atoms with van der Waals surface area (Å²) in [4.78, 5) is 5.09. The van der Waals surface area contributed by atoms with Crippen molar-refractivity contribution >= 4 is 34.1 Å². The minimum absolute atomic E-state index is 0.244. The molecule has 60 heavy (non-hydrogen) atoms. The molecule has 0 saturated carbocycles. The maximum Gasteiger partial charge on any atom is 0.0756 e. The SMILES string of the molecule is CC1(C)c2ccccc2-c2cccc(N(c3ccccc3)c3ccc4c(c3N(c3ccccc3)c3ccccc3)C3(c5ccccc5-c5ccccc53)c3ccccc3-4)c21. The fourth-order valence-corrected chi connectivity index (χ4v) is 11.1. The zero-order valence-corrected chi connectivity index (χ0v) is 33.7. The maximum absolute atomic E-state index is 2.56. The quantitative estimate of drug-likeness (QED) is 0.166. The molecule has 0 aromatic heterocycles. The number of rotatable bonds is 6. The summed E-state index contributed by atoms with van der Waals surface area (Å²) in [5.74, 6) is 0. The van der Waals surface area contributed by atoms with Gasteiger partial charge in [-0.1, -0.05) is 184 Å². The predicted molar refractivity (Wildman–Crippen MR) is 250 cm³/mol. The van der Waals surface area contributed by atoms with Crippen LogP contribution in [0.25, 0.3) is 33.4 Å². The van der Waals surface area contributed by atoms with E-state index < -0.39 is 5.41 Å². The monoisotopic (exact) mass is 766 g/mol. The van der Waals surface area contributed by atoms with Crippen LogP contribution in [0.3, 0.4) is 0 Å². The van der Waals surface area contributed by atoms with Crippen molar-refractivity contribution in [2.24, 2.45) is 0 Å². The van der Waals surface area contributed by atoms with E-state index in [-0.39, 0.29) is 5.41 Å². The van der Waals surface area contributed by atoms with Gasteiger partial charge in [-0.15, -0.1) is 0 Å². The van der Waals surface area contributed by atoms with Crippen molar-refractivity contribution in [2.75, 3.05) is 9.80 Å². The molecule has 0 N–H and O–H groups in total. The molecule has 0 saturated heterocycles. The van der Waals surface area contributed by atoms with Crippen molar-refractivity contribution < 1.29 is 0 Å². The van der Waals surface area contributed by atoms with Gasteiger partial charge in [0.2, 0.25) is 0 Å². The Bertz CT molecular complexity index is 3020. The predicted octanol–water partition coefficient (Wildman–Crippen LogP) is 15.3. The first-order valence-electron chi connectivity index (χ1n) is 21.0. The molecule has 2 nitrogen and oxygen atoms in total. The molecule has 0 unspecified atom stereocenters. The molecule has 0 atom stereocenters. The second kappa shape index (κ2) is 13.0. The lowest BCUT2D eigenvalue weighted by atomic mass is 9.69. The van der Waals surface area contributed by atoms with Crippen LogP contribution in [0.5, 0.6) is 0 Å². The Kier molecular flexibility index (Phi) is 7.52. The number of nitrogens with zero attached hydrogens (tertiary/aromatic N) is 2. The van der Waals surface area contributed by atoms with E-state index in [2.05, 4.69) is 242 Å². The maximum atomic E-state index is 2.56. The summed E-state index contributed by atoms with van der Waals surface area (Å²) in [6, 6.07) is 81.0. The van der Waals surface area contributed by atoms with E-state index in [9.17, 15) is 0 Å². The highest BCUT2D eigenvalue weighted by atomic mass is 15.2. The average Bonchev–Trinajstić information content (AvgIpc) is 3.87. The second-order valence-corrected chi connectivity index (χ2v) is 16.8. The molecule has 0 fully saturated rings. The molecule has 0 bridgehead atoms. The molecule has 0 heterocycles. The molecule has 284 valence electrons. The topological polar surface area (TPSA) is 6.48 Å². The van der Waals surface area contributed by atoms with Gasteiger partial charge in [-0.3, -0.25) is 0 Å². The van der Waals surface area contributed by atoms with E-state index in [1.54, 1.807) is 0 Å².